The van der Waals surface area contributed by atoms with Gasteiger partial charge in [0.25, 0.3) is 5.91 Å². The molecule has 0 atom stereocenters. The Morgan fingerprint density at radius 1 is 1.12 bits per heavy atom. The summed E-state index contributed by atoms with van der Waals surface area (Å²) in [7, 11) is 1.55. The van der Waals surface area contributed by atoms with Crippen molar-refractivity contribution in [1.29, 1.82) is 0 Å². The fourth-order valence-corrected chi connectivity index (χ4v) is 4.35. The molecule has 1 saturated carbocycles. The van der Waals surface area contributed by atoms with E-state index in [-0.39, 0.29) is 17.7 Å². The average molecular weight is 457 g/mol. The van der Waals surface area contributed by atoms with Crippen LogP contribution in [0.5, 0.6) is 5.75 Å². The van der Waals surface area contributed by atoms with Gasteiger partial charge in [0, 0.05) is 24.0 Å². The zero-order valence-electron chi connectivity index (χ0n) is 18.7. The number of carbonyl (C=O) groups is 2. The van der Waals surface area contributed by atoms with Crippen molar-refractivity contribution in [3.8, 4) is 17.0 Å². The molecule has 0 spiro atoms. The fourth-order valence-electron chi connectivity index (χ4n) is 4.35. The van der Waals surface area contributed by atoms with E-state index in [1.807, 2.05) is 35.0 Å². The number of ether oxygens (including phenoxy) is 1. The standard InChI is InChI=1S/C25H24N6O3/c1-34-20-13-16(7-12-19(20)29-25(33)15-5-3-2-4-6-15)22-21-23(26)27-14-28-24(21)31(30-22)17-8-10-18(32)11-9-17/h2-7,12-14,17H,8-11H2,1H3,(H,29,33)(H2,26,27,28). The summed E-state index contributed by atoms with van der Waals surface area (Å²) in [5.74, 6) is 0.868. The summed E-state index contributed by atoms with van der Waals surface area (Å²) in [5.41, 5.74) is 9.36. The van der Waals surface area contributed by atoms with E-state index in [1.54, 1.807) is 25.3 Å². The van der Waals surface area contributed by atoms with Gasteiger partial charge in [-0.3, -0.25) is 9.59 Å². The minimum Gasteiger partial charge on any atom is -0.495 e. The van der Waals surface area contributed by atoms with E-state index >= 15 is 0 Å². The average Bonchev–Trinajstić information content (AvgIpc) is 3.26. The molecule has 1 fully saturated rings. The highest BCUT2D eigenvalue weighted by Gasteiger charge is 2.26. The van der Waals surface area contributed by atoms with E-state index in [4.69, 9.17) is 15.6 Å². The molecular formula is C25H24N6O3. The molecule has 1 aliphatic rings. The van der Waals surface area contributed by atoms with E-state index in [1.165, 1.54) is 6.33 Å². The highest BCUT2D eigenvalue weighted by molar-refractivity contribution is 6.05. The Balaban J connectivity index is 1.53. The van der Waals surface area contributed by atoms with Crippen LogP contribution in [0, 0.1) is 0 Å². The maximum Gasteiger partial charge on any atom is 0.255 e. The number of anilines is 2. The Labute approximate surface area is 196 Å². The molecule has 9 nitrogen and oxygen atoms in total. The van der Waals surface area contributed by atoms with Gasteiger partial charge in [-0.2, -0.15) is 5.10 Å². The monoisotopic (exact) mass is 456 g/mol. The van der Waals surface area contributed by atoms with Crippen LogP contribution in [0.1, 0.15) is 42.1 Å². The Morgan fingerprint density at radius 2 is 1.88 bits per heavy atom. The summed E-state index contributed by atoms with van der Waals surface area (Å²) < 4.78 is 7.44. The number of rotatable bonds is 5. The number of Topliss-reactive ketones (excluding diaryl/α,β-unsaturated/α-hetero) is 1. The number of carbonyl (C=O) groups excluding carboxylic acids is 2. The number of fused-ring (bicyclic) bond motifs is 1. The molecule has 3 N–H and O–H groups in total. The third-order valence-corrected chi connectivity index (χ3v) is 6.14. The zero-order valence-corrected chi connectivity index (χ0v) is 18.7. The highest BCUT2D eigenvalue weighted by Crippen LogP contribution is 2.37. The van der Waals surface area contributed by atoms with Gasteiger partial charge in [-0.1, -0.05) is 24.3 Å². The quantitative estimate of drug-likeness (QED) is 0.465. The second kappa shape index (κ2) is 8.93. The molecule has 0 saturated heterocycles. The molecule has 0 radical (unpaired) electrons. The summed E-state index contributed by atoms with van der Waals surface area (Å²) in [5, 5.41) is 8.41. The van der Waals surface area contributed by atoms with Gasteiger partial charge in [-0.25, -0.2) is 14.6 Å². The van der Waals surface area contributed by atoms with Crippen molar-refractivity contribution in [2.75, 3.05) is 18.2 Å². The van der Waals surface area contributed by atoms with Crippen molar-refractivity contribution >= 4 is 34.2 Å². The van der Waals surface area contributed by atoms with Crippen molar-refractivity contribution in [2.45, 2.75) is 31.7 Å². The van der Waals surface area contributed by atoms with Crippen LogP contribution in [0.3, 0.4) is 0 Å². The first-order valence-electron chi connectivity index (χ1n) is 11.1. The summed E-state index contributed by atoms with van der Waals surface area (Å²) in [6.07, 6.45) is 3.92. The number of hydrogen-bond donors (Lipinski definition) is 2. The van der Waals surface area contributed by atoms with Gasteiger partial charge in [0.15, 0.2) is 5.65 Å². The largest absolute Gasteiger partial charge is 0.495 e. The van der Waals surface area contributed by atoms with Crippen LogP contribution in [0.25, 0.3) is 22.3 Å². The molecule has 34 heavy (non-hydrogen) atoms. The first kappa shape index (κ1) is 21.6. The first-order chi connectivity index (χ1) is 16.5. The van der Waals surface area contributed by atoms with E-state index < -0.39 is 0 Å². The maximum atomic E-state index is 12.6. The van der Waals surface area contributed by atoms with Gasteiger partial charge in [0.2, 0.25) is 0 Å². The Morgan fingerprint density at radius 3 is 2.62 bits per heavy atom. The van der Waals surface area contributed by atoms with Gasteiger partial charge in [0.1, 0.15) is 29.4 Å². The number of nitrogens with one attached hydrogen (secondary N) is 1. The minimum atomic E-state index is -0.231. The number of nitrogens with zero attached hydrogens (tertiary/aromatic N) is 4. The number of ketones is 1. The topological polar surface area (TPSA) is 125 Å². The molecule has 2 heterocycles. The second-order valence-corrected chi connectivity index (χ2v) is 8.26. The van der Waals surface area contributed by atoms with Crippen molar-refractivity contribution in [1.82, 2.24) is 19.7 Å². The predicted molar refractivity (Wildman–Crippen MR) is 129 cm³/mol. The van der Waals surface area contributed by atoms with Crippen LogP contribution >= 0.6 is 0 Å². The highest BCUT2D eigenvalue weighted by atomic mass is 16.5. The third-order valence-electron chi connectivity index (χ3n) is 6.14. The van der Waals surface area contributed by atoms with Crippen LogP contribution < -0.4 is 15.8 Å². The number of methoxy groups -OCH3 is 1. The molecule has 5 rings (SSSR count). The van der Waals surface area contributed by atoms with Crippen molar-refractivity contribution in [2.24, 2.45) is 0 Å². The van der Waals surface area contributed by atoms with Gasteiger partial charge in [-0.15, -0.1) is 0 Å². The van der Waals surface area contributed by atoms with Crippen molar-refractivity contribution in [3.63, 3.8) is 0 Å². The van der Waals surface area contributed by atoms with Gasteiger partial charge in [-0.05, 0) is 37.1 Å². The van der Waals surface area contributed by atoms with E-state index in [0.717, 1.165) is 5.56 Å². The molecule has 9 heteroatoms. The molecule has 172 valence electrons. The molecule has 0 unspecified atom stereocenters. The molecule has 2 aromatic heterocycles. The predicted octanol–water partition coefficient (Wildman–Crippen LogP) is 4.02. The molecule has 2 aromatic carbocycles. The summed E-state index contributed by atoms with van der Waals surface area (Å²) in [6.45, 7) is 0. The lowest BCUT2D eigenvalue weighted by Gasteiger charge is -2.21. The van der Waals surface area contributed by atoms with Gasteiger partial charge < -0.3 is 15.8 Å². The Kier molecular flexibility index (Phi) is 5.67. The van der Waals surface area contributed by atoms with Crippen LogP contribution in [0.4, 0.5) is 11.5 Å². The molecule has 0 bridgehead atoms. The van der Waals surface area contributed by atoms with Gasteiger partial charge >= 0.3 is 0 Å². The first-order valence-corrected chi connectivity index (χ1v) is 11.1. The lowest BCUT2D eigenvalue weighted by atomic mass is 9.94. The lowest BCUT2D eigenvalue weighted by molar-refractivity contribution is -0.120. The van der Waals surface area contributed by atoms with Crippen LogP contribution in [-0.2, 0) is 4.79 Å². The minimum absolute atomic E-state index is 0.0644. The maximum absolute atomic E-state index is 12.6. The fraction of sp³-hybridized carbons (Fsp3) is 0.240. The molecule has 1 amide bonds. The van der Waals surface area contributed by atoms with Crippen LogP contribution in [0.15, 0.2) is 54.9 Å². The smallest absolute Gasteiger partial charge is 0.255 e. The van der Waals surface area contributed by atoms with Crippen LogP contribution in [-0.4, -0.2) is 38.5 Å². The van der Waals surface area contributed by atoms with E-state index in [0.29, 0.717) is 65.2 Å². The Hall–Kier alpha value is -4.27. The molecule has 0 aliphatic heterocycles. The molecular weight excluding hydrogens is 432 g/mol. The van der Waals surface area contributed by atoms with E-state index in [9.17, 15) is 9.59 Å². The van der Waals surface area contributed by atoms with Gasteiger partial charge in [0.05, 0.1) is 24.2 Å². The number of aromatic nitrogens is 4. The van der Waals surface area contributed by atoms with Crippen LogP contribution in [0.2, 0.25) is 0 Å². The number of amides is 1. The molecule has 1 aliphatic carbocycles. The summed E-state index contributed by atoms with van der Waals surface area (Å²) in [6, 6.07) is 14.5. The normalized spacial score (nSPS) is 14.3. The van der Waals surface area contributed by atoms with Crippen molar-refractivity contribution in [3.05, 3.63) is 60.4 Å². The number of nitrogens with two attached hydrogens (primary N) is 1. The summed E-state index contributed by atoms with van der Waals surface area (Å²) in [4.78, 5) is 33.0. The number of benzene rings is 2. The third kappa shape index (κ3) is 3.96. The number of hydrogen-bond acceptors (Lipinski definition) is 7. The second-order valence-electron chi connectivity index (χ2n) is 8.26. The SMILES string of the molecule is COc1cc(-c2nn(C3CCC(=O)CC3)c3ncnc(N)c23)ccc1NC(=O)c1ccccc1. The zero-order chi connectivity index (χ0) is 23.7. The summed E-state index contributed by atoms with van der Waals surface area (Å²) >= 11 is 0. The van der Waals surface area contributed by atoms with Crippen molar-refractivity contribution < 1.29 is 14.3 Å². The lowest BCUT2D eigenvalue weighted by Crippen LogP contribution is -2.19. The molecule has 4 aromatic rings. The van der Waals surface area contributed by atoms with E-state index in [2.05, 4.69) is 15.3 Å². The Bertz CT molecular complexity index is 1370. The number of nitrogen functional groups attached to an aromatic ring is 1.